The quantitative estimate of drug-likeness (QED) is 0.792. The average molecular weight is 241 g/mol. The van der Waals surface area contributed by atoms with Gasteiger partial charge in [0.05, 0.1) is 12.2 Å². The Morgan fingerprint density at radius 2 is 2.00 bits per heavy atom. The average Bonchev–Trinajstić information content (AvgIpc) is 2.79. The van der Waals surface area contributed by atoms with E-state index in [1.54, 1.807) is 0 Å². The molecular weight excluding hydrogens is 214 g/mol. The maximum absolute atomic E-state index is 10.8. The Kier molecular flexibility index (Phi) is 4.11. The minimum Gasteiger partial charge on any atom is -0.387 e. The van der Waals surface area contributed by atoms with Crippen molar-refractivity contribution in [1.29, 1.82) is 0 Å². The molecule has 1 saturated carbocycles. The van der Waals surface area contributed by atoms with Crippen LogP contribution in [0.1, 0.15) is 51.9 Å². The number of hydrogen-bond donors (Lipinski definition) is 2. The van der Waals surface area contributed by atoms with Gasteiger partial charge < -0.3 is 15.6 Å². The topological polar surface area (TPSA) is 55.5 Å². The molecule has 0 aromatic heterocycles. The fraction of sp³-hybridized carbons (Fsp3) is 1.00. The highest BCUT2D eigenvalue weighted by molar-refractivity contribution is 5.03. The summed E-state index contributed by atoms with van der Waals surface area (Å²) in [6.07, 6.45) is 7.98. The van der Waals surface area contributed by atoms with Crippen molar-refractivity contribution >= 4 is 0 Å². The molecule has 3 nitrogen and oxygen atoms in total. The third kappa shape index (κ3) is 2.38. The van der Waals surface area contributed by atoms with Gasteiger partial charge in [0.25, 0.3) is 0 Å². The van der Waals surface area contributed by atoms with Gasteiger partial charge in [-0.2, -0.15) is 0 Å². The summed E-state index contributed by atoms with van der Waals surface area (Å²) >= 11 is 0. The summed E-state index contributed by atoms with van der Waals surface area (Å²) in [4.78, 5) is 0. The molecule has 0 spiro atoms. The first kappa shape index (κ1) is 13.3. The highest BCUT2D eigenvalue weighted by Crippen LogP contribution is 2.49. The maximum Gasteiger partial charge on any atom is 0.0969 e. The van der Waals surface area contributed by atoms with Crippen LogP contribution in [-0.2, 0) is 4.74 Å². The molecular formula is C14H27NO2. The van der Waals surface area contributed by atoms with E-state index in [1.165, 1.54) is 25.7 Å². The Balaban J connectivity index is 2.02. The molecule has 1 heterocycles. The molecule has 100 valence electrons. The van der Waals surface area contributed by atoms with Gasteiger partial charge in [-0.25, -0.2) is 0 Å². The molecule has 3 heteroatoms. The van der Waals surface area contributed by atoms with Crippen LogP contribution in [0.15, 0.2) is 0 Å². The van der Waals surface area contributed by atoms with Gasteiger partial charge in [0, 0.05) is 25.0 Å². The Bertz CT molecular complexity index is 241. The first-order valence-electron chi connectivity index (χ1n) is 7.16. The van der Waals surface area contributed by atoms with E-state index in [0.29, 0.717) is 19.8 Å². The molecule has 0 bridgehead atoms. The second-order valence-corrected chi connectivity index (χ2v) is 6.05. The summed E-state index contributed by atoms with van der Waals surface area (Å²) < 4.78 is 5.41. The highest BCUT2D eigenvalue weighted by Gasteiger charge is 2.52. The largest absolute Gasteiger partial charge is 0.387 e. The summed E-state index contributed by atoms with van der Waals surface area (Å²) in [5.74, 6) is 0.852. The number of aliphatic hydroxyl groups is 1. The Hall–Kier alpha value is -0.120. The van der Waals surface area contributed by atoms with Gasteiger partial charge in [0.15, 0.2) is 0 Å². The molecule has 2 aliphatic rings. The minimum atomic E-state index is -0.654. The van der Waals surface area contributed by atoms with E-state index in [4.69, 9.17) is 10.5 Å². The van der Waals surface area contributed by atoms with Crippen LogP contribution >= 0.6 is 0 Å². The van der Waals surface area contributed by atoms with Gasteiger partial charge in [-0.3, -0.25) is 0 Å². The summed E-state index contributed by atoms with van der Waals surface area (Å²) in [5.41, 5.74) is 5.28. The molecule has 1 saturated heterocycles. The molecule has 1 aliphatic heterocycles. The SMILES string of the molecule is CCCC1CCC(CN)(C2(O)CCOC2)CC1. The molecule has 3 N–H and O–H groups in total. The molecule has 1 unspecified atom stereocenters. The lowest BCUT2D eigenvalue weighted by atomic mass is 9.60. The standard InChI is InChI=1S/C14H27NO2/c1-2-3-12-4-6-13(10-15,7-5-12)14(16)8-9-17-11-14/h12,16H,2-11,15H2,1H3. The molecule has 0 radical (unpaired) electrons. The van der Waals surface area contributed by atoms with Crippen LogP contribution in [0.3, 0.4) is 0 Å². The third-order valence-electron chi connectivity index (χ3n) is 5.14. The van der Waals surface area contributed by atoms with Crippen molar-refractivity contribution in [2.24, 2.45) is 17.1 Å². The van der Waals surface area contributed by atoms with E-state index < -0.39 is 5.60 Å². The number of ether oxygens (including phenoxy) is 1. The minimum absolute atomic E-state index is 0.0757. The molecule has 1 atom stereocenters. The second-order valence-electron chi connectivity index (χ2n) is 6.05. The van der Waals surface area contributed by atoms with Gasteiger partial charge >= 0.3 is 0 Å². The van der Waals surface area contributed by atoms with E-state index in [0.717, 1.165) is 25.2 Å². The zero-order valence-electron chi connectivity index (χ0n) is 11.1. The smallest absolute Gasteiger partial charge is 0.0969 e. The number of rotatable bonds is 4. The number of hydrogen-bond acceptors (Lipinski definition) is 3. The van der Waals surface area contributed by atoms with Crippen molar-refractivity contribution < 1.29 is 9.84 Å². The molecule has 17 heavy (non-hydrogen) atoms. The fourth-order valence-electron chi connectivity index (χ4n) is 3.76. The molecule has 2 rings (SSSR count). The third-order valence-corrected chi connectivity index (χ3v) is 5.14. The summed E-state index contributed by atoms with van der Waals surface area (Å²) in [6, 6.07) is 0. The molecule has 0 aromatic rings. The fourth-order valence-corrected chi connectivity index (χ4v) is 3.76. The predicted molar refractivity (Wildman–Crippen MR) is 68.7 cm³/mol. The van der Waals surface area contributed by atoms with Crippen LogP contribution < -0.4 is 5.73 Å². The van der Waals surface area contributed by atoms with Crippen molar-refractivity contribution in [3.63, 3.8) is 0 Å². The van der Waals surface area contributed by atoms with Gasteiger partial charge in [-0.15, -0.1) is 0 Å². The van der Waals surface area contributed by atoms with Crippen LogP contribution in [0.5, 0.6) is 0 Å². The summed E-state index contributed by atoms with van der Waals surface area (Å²) in [7, 11) is 0. The van der Waals surface area contributed by atoms with Crippen molar-refractivity contribution in [3.05, 3.63) is 0 Å². The van der Waals surface area contributed by atoms with E-state index in [2.05, 4.69) is 6.92 Å². The van der Waals surface area contributed by atoms with Crippen LogP contribution in [0.2, 0.25) is 0 Å². The second kappa shape index (κ2) is 5.25. The van der Waals surface area contributed by atoms with Gasteiger partial charge in [0.1, 0.15) is 0 Å². The van der Waals surface area contributed by atoms with E-state index in [1.807, 2.05) is 0 Å². The molecule has 2 fully saturated rings. The monoisotopic (exact) mass is 241 g/mol. The lowest BCUT2D eigenvalue weighted by Gasteiger charge is -2.48. The first-order valence-corrected chi connectivity index (χ1v) is 7.16. The van der Waals surface area contributed by atoms with E-state index >= 15 is 0 Å². The Labute approximate surface area is 105 Å². The maximum atomic E-state index is 10.8. The van der Waals surface area contributed by atoms with Crippen LogP contribution in [0.25, 0.3) is 0 Å². The molecule has 0 amide bonds. The highest BCUT2D eigenvalue weighted by atomic mass is 16.5. The zero-order valence-corrected chi connectivity index (χ0v) is 11.1. The summed E-state index contributed by atoms with van der Waals surface area (Å²) in [6.45, 7) is 4.04. The van der Waals surface area contributed by atoms with Crippen molar-refractivity contribution in [3.8, 4) is 0 Å². The van der Waals surface area contributed by atoms with Crippen LogP contribution in [0, 0.1) is 11.3 Å². The van der Waals surface area contributed by atoms with E-state index in [-0.39, 0.29) is 5.41 Å². The van der Waals surface area contributed by atoms with Gasteiger partial charge in [-0.1, -0.05) is 19.8 Å². The Morgan fingerprint density at radius 1 is 1.29 bits per heavy atom. The van der Waals surface area contributed by atoms with E-state index in [9.17, 15) is 5.11 Å². The summed E-state index contributed by atoms with van der Waals surface area (Å²) in [5, 5.41) is 10.8. The Morgan fingerprint density at radius 3 is 2.47 bits per heavy atom. The normalized spacial score (nSPS) is 42.9. The van der Waals surface area contributed by atoms with Crippen LogP contribution in [0.4, 0.5) is 0 Å². The predicted octanol–water partition coefficient (Wildman–Crippen LogP) is 2.07. The lowest BCUT2D eigenvalue weighted by Crippen LogP contribution is -2.54. The first-order chi connectivity index (χ1) is 8.16. The lowest BCUT2D eigenvalue weighted by molar-refractivity contribution is -0.106. The molecule has 0 aromatic carbocycles. The van der Waals surface area contributed by atoms with Crippen molar-refractivity contribution in [1.82, 2.24) is 0 Å². The van der Waals surface area contributed by atoms with Crippen molar-refractivity contribution in [2.75, 3.05) is 19.8 Å². The van der Waals surface area contributed by atoms with Gasteiger partial charge in [0.2, 0.25) is 0 Å². The van der Waals surface area contributed by atoms with Crippen molar-refractivity contribution in [2.45, 2.75) is 57.5 Å². The number of nitrogens with two attached hydrogens (primary N) is 1. The van der Waals surface area contributed by atoms with Crippen LogP contribution in [-0.4, -0.2) is 30.5 Å². The molecule has 1 aliphatic carbocycles. The van der Waals surface area contributed by atoms with Gasteiger partial charge in [-0.05, 0) is 31.6 Å². The zero-order chi connectivity index (χ0) is 12.4.